The molecule has 2 radical (unpaired) electrons. The van der Waals surface area contributed by atoms with E-state index in [-0.39, 0.29) is 16.9 Å². The van der Waals surface area contributed by atoms with E-state index < -0.39 is 5.91 Å². The number of rotatable bonds is 3. The van der Waals surface area contributed by atoms with Crippen LogP contribution in [0.3, 0.4) is 0 Å². The molecule has 0 spiro atoms. The van der Waals surface area contributed by atoms with Gasteiger partial charge < -0.3 is 15.4 Å². The fourth-order valence-corrected chi connectivity index (χ4v) is 3.35. The van der Waals surface area contributed by atoms with Gasteiger partial charge in [0.25, 0.3) is 5.91 Å². The van der Waals surface area contributed by atoms with E-state index in [1.54, 1.807) is 29.8 Å². The van der Waals surface area contributed by atoms with E-state index in [2.05, 4.69) is 11.1 Å². The van der Waals surface area contributed by atoms with E-state index in [1.165, 1.54) is 0 Å². The Labute approximate surface area is 152 Å². The lowest BCUT2D eigenvalue weighted by molar-refractivity contribution is 0.0996. The minimum atomic E-state index is -0.662. The molecule has 3 rings (SSSR count). The standard InChI is InChI=1S/C19H17BN4O2/c1-4-24-8-11(7-21)16-12(6-14(18(22)26)23-19(16)24)15-9(2)5-13(20)17(25)10(15)3/h5-6,8,25H,4H2,1-3H3,(H2,22,26). The van der Waals surface area contributed by atoms with Gasteiger partial charge in [-0.15, -0.1) is 0 Å². The Balaban J connectivity index is 2.55. The van der Waals surface area contributed by atoms with Gasteiger partial charge in [0.05, 0.1) is 5.56 Å². The number of nitrogens with two attached hydrogens (primary N) is 1. The number of aryl methyl sites for hydroxylation is 2. The van der Waals surface area contributed by atoms with Crippen molar-refractivity contribution < 1.29 is 9.90 Å². The Hall–Kier alpha value is -3.27. The monoisotopic (exact) mass is 344 g/mol. The number of phenolic OH excluding ortho intramolecular Hbond substituents is 1. The minimum absolute atomic E-state index is 0.0235. The van der Waals surface area contributed by atoms with Gasteiger partial charge in [-0.2, -0.15) is 5.26 Å². The molecule has 0 bridgehead atoms. The zero-order valence-corrected chi connectivity index (χ0v) is 14.8. The normalized spacial score (nSPS) is 10.8. The quantitative estimate of drug-likeness (QED) is 0.707. The van der Waals surface area contributed by atoms with Crippen molar-refractivity contribution in [3.05, 3.63) is 40.7 Å². The zero-order valence-electron chi connectivity index (χ0n) is 14.8. The molecule has 0 atom stereocenters. The van der Waals surface area contributed by atoms with Crippen LogP contribution in [0.15, 0.2) is 18.3 Å². The van der Waals surface area contributed by atoms with E-state index in [4.69, 9.17) is 13.6 Å². The van der Waals surface area contributed by atoms with Gasteiger partial charge in [0.1, 0.15) is 31.0 Å². The van der Waals surface area contributed by atoms with E-state index in [0.717, 1.165) is 5.56 Å². The number of phenols is 1. The van der Waals surface area contributed by atoms with Gasteiger partial charge in [-0.25, -0.2) is 4.98 Å². The molecule has 26 heavy (non-hydrogen) atoms. The van der Waals surface area contributed by atoms with Crippen molar-refractivity contribution in [2.45, 2.75) is 27.3 Å². The third-order valence-electron chi connectivity index (χ3n) is 4.58. The first-order valence-electron chi connectivity index (χ1n) is 8.12. The zero-order chi connectivity index (χ0) is 19.2. The Morgan fingerprint density at radius 2 is 2.12 bits per heavy atom. The summed E-state index contributed by atoms with van der Waals surface area (Å²) in [4.78, 5) is 16.2. The molecule has 6 nitrogen and oxygen atoms in total. The summed E-state index contributed by atoms with van der Waals surface area (Å²) in [6, 6.07) is 5.41. The summed E-state index contributed by atoms with van der Waals surface area (Å²) in [6.07, 6.45) is 1.70. The number of primary amides is 1. The van der Waals surface area contributed by atoms with Crippen LogP contribution in [0.25, 0.3) is 22.2 Å². The molecule has 7 heteroatoms. The number of hydrogen-bond acceptors (Lipinski definition) is 4. The molecule has 0 saturated carbocycles. The van der Waals surface area contributed by atoms with Crippen LogP contribution in [0.1, 0.15) is 34.1 Å². The third kappa shape index (κ3) is 2.51. The number of nitrogens with zero attached hydrogens (tertiary/aromatic N) is 3. The summed E-state index contributed by atoms with van der Waals surface area (Å²) in [7, 11) is 5.85. The van der Waals surface area contributed by atoms with E-state index in [0.29, 0.717) is 39.8 Å². The minimum Gasteiger partial charge on any atom is -0.508 e. The van der Waals surface area contributed by atoms with Gasteiger partial charge in [-0.3, -0.25) is 4.79 Å². The lowest BCUT2D eigenvalue weighted by Crippen LogP contribution is -2.14. The molecule has 0 fully saturated rings. The molecule has 0 aliphatic carbocycles. The summed E-state index contributed by atoms with van der Waals surface area (Å²) in [5.41, 5.74) is 9.49. The van der Waals surface area contributed by atoms with Crippen LogP contribution in [0, 0.1) is 25.2 Å². The van der Waals surface area contributed by atoms with Crippen molar-refractivity contribution in [1.82, 2.24) is 9.55 Å². The fourth-order valence-electron chi connectivity index (χ4n) is 3.35. The van der Waals surface area contributed by atoms with Crippen molar-refractivity contribution in [2.24, 2.45) is 5.73 Å². The lowest BCUT2D eigenvalue weighted by atomic mass is 9.84. The van der Waals surface area contributed by atoms with Gasteiger partial charge in [0, 0.05) is 18.1 Å². The van der Waals surface area contributed by atoms with Crippen LogP contribution in [0.5, 0.6) is 5.75 Å². The van der Waals surface area contributed by atoms with E-state index in [9.17, 15) is 15.2 Å². The predicted octanol–water partition coefficient (Wildman–Crippen LogP) is 1.81. The maximum absolute atomic E-state index is 11.8. The van der Waals surface area contributed by atoms with E-state index >= 15 is 0 Å². The molecule has 1 amide bonds. The molecular weight excluding hydrogens is 327 g/mol. The first kappa shape index (κ1) is 17.6. The summed E-state index contributed by atoms with van der Waals surface area (Å²) in [5.74, 6) is -0.685. The number of aromatic hydroxyl groups is 1. The number of carbonyl (C=O) groups is 1. The van der Waals surface area contributed by atoms with Gasteiger partial charge >= 0.3 is 0 Å². The SMILES string of the molecule is [B]c1cc(C)c(-c2cc(C(N)=O)nc3c2c(C#N)cn3CC)c(C)c1O. The number of nitriles is 1. The molecule has 128 valence electrons. The van der Waals surface area contributed by atoms with Gasteiger partial charge in [0.2, 0.25) is 0 Å². The Morgan fingerprint density at radius 3 is 2.69 bits per heavy atom. The molecule has 3 N–H and O–H groups in total. The van der Waals surface area contributed by atoms with Crippen LogP contribution in [0.4, 0.5) is 0 Å². The van der Waals surface area contributed by atoms with Crippen molar-refractivity contribution in [2.75, 3.05) is 0 Å². The maximum Gasteiger partial charge on any atom is 0.267 e. The number of carbonyl (C=O) groups excluding carboxylic acids is 1. The number of amides is 1. The average Bonchev–Trinajstić information content (AvgIpc) is 2.97. The second-order valence-electron chi connectivity index (χ2n) is 6.19. The summed E-state index contributed by atoms with van der Waals surface area (Å²) in [5, 5.41) is 20.5. The topological polar surface area (TPSA) is 105 Å². The van der Waals surface area contributed by atoms with E-state index in [1.807, 2.05) is 13.8 Å². The smallest absolute Gasteiger partial charge is 0.267 e. The number of pyridine rings is 1. The number of fused-ring (bicyclic) bond motifs is 1. The molecule has 0 saturated heterocycles. The van der Waals surface area contributed by atoms with Crippen LogP contribution >= 0.6 is 0 Å². The molecular formula is C19H17BN4O2. The molecule has 2 heterocycles. The highest BCUT2D eigenvalue weighted by Crippen LogP contribution is 2.38. The molecule has 0 aliphatic heterocycles. The van der Waals surface area contributed by atoms with Crippen molar-refractivity contribution >= 4 is 30.2 Å². The average molecular weight is 344 g/mol. The second-order valence-corrected chi connectivity index (χ2v) is 6.19. The van der Waals surface area contributed by atoms with Gasteiger partial charge in [0.15, 0.2) is 0 Å². The maximum atomic E-state index is 11.8. The third-order valence-corrected chi connectivity index (χ3v) is 4.58. The fraction of sp³-hybridized carbons (Fsp3) is 0.211. The Bertz CT molecular complexity index is 1110. The Morgan fingerprint density at radius 1 is 1.42 bits per heavy atom. The van der Waals surface area contributed by atoms with Crippen molar-refractivity contribution in [3.63, 3.8) is 0 Å². The molecule has 2 aromatic heterocycles. The van der Waals surface area contributed by atoms with Gasteiger partial charge in [-0.05, 0) is 49.1 Å². The first-order chi connectivity index (χ1) is 12.3. The number of aromatic nitrogens is 2. The van der Waals surface area contributed by atoms with Gasteiger partial charge in [-0.1, -0.05) is 11.5 Å². The predicted molar refractivity (Wildman–Crippen MR) is 101 cm³/mol. The van der Waals surface area contributed by atoms with Crippen LogP contribution in [-0.2, 0) is 6.54 Å². The van der Waals surface area contributed by atoms with Crippen molar-refractivity contribution in [3.8, 4) is 22.9 Å². The summed E-state index contributed by atoms with van der Waals surface area (Å²) in [6.45, 7) is 6.10. The lowest BCUT2D eigenvalue weighted by Gasteiger charge is -2.16. The highest BCUT2D eigenvalue weighted by Gasteiger charge is 2.21. The highest BCUT2D eigenvalue weighted by atomic mass is 16.3. The second kappa shape index (κ2) is 6.23. The van der Waals surface area contributed by atoms with Crippen LogP contribution in [-0.4, -0.2) is 28.4 Å². The van der Waals surface area contributed by atoms with Crippen LogP contribution in [0.2, 0.25) is 0 Å². The number of benzene rings is 1. The Kier molecular flexibility index (Phi) is 4.21. The molecule has 1 aromatic carbocycles. The van der Waals surface area contributed by atoms with Crippen LogP contribution < -0.4 is 11.2 Å². The summed E-state index contributed by atoms with van der Waals surface area (Å²) >= 11 is 0. The summed E-state index contributed by atoms with van der Waals surface area (Å²) < 4.78 is 1.80. The molecule has 0 aliphatic rings. The highest BCUT2D eigenvalue weighted by molar-refractivity contribution is 6.34. The largest absolute Gasteiger partial charge is 0.508 e. The molecule has 3 aromatic rings. The van der Waals surface area contributed by atoms with Crippen molar-refractivity contribution in [1.29, 1.82) is 5.26 Å². The first-order valence-corrected chi connectivity index (χ1v) is 8.12. The number of hydrogen-bond donors (Lipinski definition) is 2. The molecule has 0 unspecified atom stereocenters.